The smallest absolute Gasteiger partial charge is 0.184 e. The number of rotatable bonds is 7. The molecule has 0 spiro atoms. The lowest BCUT2D eigenvalue weighted by molar-refractivity contribution is 0.297. The fraction of sp³-hybridized carbons (Fsp3) is 0.176. The second-order valence-corrected chi connectivity index (χ2v) is 5.17. The van der Waals surface area contributed by atoms with Gasteiger partial charge in [0.15, 0.2) is 16.6 Å². The maximum atomic E-state index is 5.80. The van der Waals surface area contributed by atoms with Gasteiger partial charge in [-0.2, -0.15) is 5.10 Å². The zero-order valence-corrected chi connectivity index (χ0v) is 13.7. The minimum Gasteiger partial charge on any atom is -0.493 e. The van der Waals surface area contributed by atoms with Crippen LogP contribution in [0.15, 0.2) is 53.6 Å². The average Bonchev–Trinajstić information content (AvgIpc) is 2.56. The van der Waals surface area contributed by atoms with Crippen molar-refractivity contribution >= 4 is 23.5 Å². The van der Waals surface area contributed by atoms with Crippen LogP contribution < -0.4 is 20.6 Å². The van der Waals surface area contributed by atoms with Crippen LogP contribution in [0.4, 0.5) is 0 Å². The molecule has 0 aromatic heterocycles. The summed E-state index contributed by atoms with van der Waals surface area (Å²) in [6.07, 6.45) is 2.44. The fourth-order valence-corrected chi connectivity index (χ4v) is 2.03. The molecule has 0 bridgehead atoms. The first-order valence-electron chi connectivity index (χ1n) is 7.12. The number of hydrogen-bond donors (Lipinski definition) is 2. The van der Waals surface area contributed by atoms with Crippen LogP contribution in [0.2, 0.25) is 0 Å². The van der Waals surface area contributed by atoms with Crippen LogP contribution in [0.3, 0.4) is 0 Å². The molecule has 0 atom stereocenters. The Labute approximate surface area is 141 Å². The Morgan fingerprint density at radius 2 is 2.00 bits per heavy atom. The van der Waals surface area contributed by atoms with Crippen molar-refractivity contribution in [2.24, 2.45) is 10.8 Å². The molecule has 0 saturated heterocycles. The van der Waals surface area contributed by atoms with Gasteiger partial charge in [0.05, 0.1) is 19.9 Å². The van der Waals surface area contributed by atoms with Crippen LogP contribution in [0.1, 0.15) is 11.1 Å². The molecule has 5 nitrogen and oxygen atoms in total. The van der Waals surface area contributed by atoms with Gasteiger partial charge in [0.2, 0.25) is 0 Å². The number of nitrogens with one attached hydrogen (secondary N) is 1. The van der Waals surface area contributed by atoms with Gasteiger partial charge in [0, 0.05) is 6.42 Å². The molecule has 6 heteroatoms. The SMILES string of the molecule is COc1cc(/C=N/NC(N)=S)ccc1OCCc1ccccc1. The van der Waals surface area contributed by atoms with Gasteiger partial charge < -0.3 is 15.2 Å². The van der Waals surface area contributed by atoms with Gasteiger partial charge in [0.25, 0.3) is 0 Å². The van der Waals surface area contributed by atoms with Crippen LogP contribution in [-0.4, -0.2) is 25.0 Å². The Kier molecular flexibility index (Phi) is 6.38. The maximum absolute atomic E-state index is 5.80. The average molecular weight is 329 g/mol. The Bertz CT molecular complexity index is 675. The number of benzene rings is 2. The van der Waals surface area contributed by atoms with Crippen LogP contribution in [0.5, 0.6) is 11.5 Å². The number of nitrogens with zero attached hydrogens (tertiary/aromatic N) is 1. The highest BCUT2D eigenvalue weighted by atomic mass is 32.1. The van der Waals surface area contributed by atoms with E-state index < -0.39 is 0 Å². The third-order valence-corrected chi connectivity index (χ3v) is 3.16. The Morgan fingerprint density at radius 3 is 2.70 bits per heavy atom. The van der Waals surface area contributed by atoms with Gasteiger partial charge in [-0.3, -0.25) is 5.43 Å². The van der Waals surface area contributed by atoms with Crippen molar-refractivity contribution in [2.75, 3.05) is 13.7 Å². The van der Waals surface area contributed by atoms with Crippen molar-refractivity contribution in [3.05, 3.63) is 59.7 Å². The monoisotopic (exact) mass is 329 g/mol. The molecule has 0 unspecified atom stereocenters. The van der Waals surface area contributed by atoms with E-state index in [9.17, 15) is 0 Å². The highest BCUT2D eigenvalue weighted by Gasteiger charge is 2.05. The maximum Gasteiger partial charge on any atom is 0.184 e. The summed E-state index contributed by atoms with van der Waals surface area (Å²) in [5.41, 5.74) is 9.89. The Balaban J connectivity index is 1.96. The summed E-state index contributed by atoms with van der Waals surface area (Å²) in [5.74, 6) is 1.35. The predicted molar refractivity (Wildman–Crippen MR) is 96.2 cm³/mol. The zero-order chi connectivity index (χ0) is 16.5. The molecule has 0 radical (unpaired) electrons. The van der Waals surface area contributed by atoms with E-state index in [1.165, 1.54) is 5.56 Å². The lowest BCUT2D eigenvalue weighted by Gasteiger charge is -2.11. The number of hydrazone groups is 1. The van der Waals surface area contributed by atoms with E-state index in [-0.39, 0.29) is 5.11 Å². The first-order valence-corrected chi connectivity index (χ1v) is 7.53. The summed E-state index contributed by atoms with van der Waals surface area (Å²) >= 11 is 4.68. The van der Waals surface area contributed by atoms with Crippen molar-refractivity contribution in [2.45, 2.75) is 6.42 Å². The molecule has 2 aromatic rings. The second-order valence-electron chi connectivity index (χ2n) is 4.73. The Morgan fingerprint density at radius 1 is 1.22 bits per heavy atom. The standard InChI is InChI=1S/C17H19N3O2S/c1-21-16-11-14(12-19-20-17(18)23)7-8-15(16)22-10-9-13-5-3-2-4-6-13/h2-8,11-12H,9-10H2,1H3,(H3,18,20,23)/b19-12+. The van der Waals surface area contributed by atoms with Crippen LogP contribution in [-0.2, 0) is 6.42 Å². The molecular formula is C17H19N3O2S. The van der Waals surface area contributed by atoms with Crippen molar-refractivity contribution in [1.82, 2.24) is 5.43 Å². The van der Waals surface area contributed by atoms with Crippen molar-refractivity contribution in [3.8, 4) is 11.5 Å². The van der Waals surface area contributed by atoms with E-state index in [4.69, 9.17) is 15.2 Å². The highest BCUT2D eigenvalue weighted by Crippen LogP contribution is 2.27. The molecule has 0 aliphatic heterocycles. The third-order valence-electron chi connectivity index (χ3n) is 3.07. The largest absolute Gasteiger partial charge is 0.493 e. The molecule has 0 aliphatic carbocycles. The quantitative estimate of drug-likeness (QED) is 0.464. The number of ether oxygens (including phenoxy) is 2. The van der Waals surface area contributed by atoms with Gasteiger partial charge in [-0.1, -0.05) is 30.3 Å². The van der Waals surface area contributed by atoms with Gasteiger partial charge in [-0.15, -0.1) is 0 Å². The molecule has 3 N–H and O–H groups in total. The summed E-state index contributed by atoms with van der Waals surface area (Å²) in [6.45, 7) is 0.580. The topological polar surface area (TPSA) is 68.9 Å². The van der Waals surface area contributed by atoms with Crippen molar-refractivity contribution in [1.29, 1.82) is 0 Å². The Hall–Kier alpha value is -2.60. The first-order chi connectivity index (χ1) is 11.2. The summed E-state index contributed by atoms with van der Waals surface area (Å²) < 4.78 is 11.2. The lowest BCUT2D eigenvalue weighted by Crippen LogP contribution is -2.23. The van der Waals surface area contributed by atoms with E-state index in [0.29, 0.717) is 18.1 Å². The lowest BCUT2D eigenvalue weighted by atomic mass is 10.2. The minimum atomic E-state index is 0.120. The van der Waals surface area contributed by atoms with Crippen molar-refractivity contribution < 1.29 is 9.47 Å². The van der Waals surface area contributed by atoms with Gasteiger partial charge in [0.1, 0.15) is 0 Å². The van der Waals surface area contributed by atoms with E-state index in [1.54, 1.807) is 13.3 Å². The highest BCUT2D eigenvalue weighted by molar-refractivity contribution is 7.80. The minimum absolute atomic E-state index is 0.120. The van der Waals surface area contributed by atoms with Gasteiger partial charge >= 0.3 is 0 Å². The van der Waals surface area contributed by atoms with Gasteiger partial charge in [-0.05, 0) is 41.5 Å². The fourth-order valence-electron chi connectivity index (χ4n) is 1.98. The van der Waals surface area contributed by atoms with Crippen LogP contribution in [0.25, 0.3) is 0 Å². The van der Waals surface area contributed by atoms with E-state index in [2.05, 4.69) is 34.9 Å². The van der Waals surface area contributed by atoms with E-state index in [0.717, 1.165) is 12.0 Å². The molecule has 2 rings (SSSR count). The molecule has 0 fully saturated rings. The second kappa shape index (κ2) is 8.75. The van der Waals surface area contributed by atoms with Gasteiger partial charge in [-0.25, -0.2) is 0 Å². The molecule has 2 aromatic carbocycles. The summed E-state index contributed by atoms with van der Waals surface area (Å²) in [6, 6.07) is 15.8. The van der Waals surface area contributed by atoms with E-state index in [1.807, 2.05) is 36.4 Å². The van der Waals surface area contributed by atoms with Crippen LogP contribution in [0, 0.1) is 0 Å². The number of nitrogens with two attached hydrogens (primary N) is 1. The van der Waals surface area contributed by atoms with E-state index >= 15 is 0 Å². The predicted octanol–water partition coefficient (Wildman–Crippen LogP) is 2.48. The van der Waals surface area contributed by atoms with Crippen LogP contribution >= 0.6 is 12.2 Å². The normalized spacial score (nSPS) is 10.5. The molecule has 120 valence electrons. The number of thiocarbonyl (C=S) groups is 1. The number of hydrogen-bond acceptors (Lipinski definition) is 4. The van der Waals surface area contributed by atoms with Crippen molar-refractivity contribution in [3.63, 3.8) is 0 Å². The first kappa shape index (κ1) is 16.8. The number of methoxy groups -OCH3 is 1. The zero-order valence-electron chi connectivity index (χ0n) is 12.9. The molecule has 0 aliphatic rings. The molecule has 0 saturated carbocycles. The molecule has 0 heterocycles. The summed E-state index contributed by atoms with van der Waals surface area (Å²) in [7, 11) is 1.60. The molecular weight excluding hydrogens is 310 g/mol. The summed E-state index contributed by atoms with van der Waals surface area (Å²) in [4.78, 5) is 0. The summed E-state index contributed by atoms with van der Waals surface area (Å²) in [5, 5.41) is 4.03. The third kappa shape index (κ3) is 5.60. The molecule has 0 amide bonds. The molecule has 23 heavy (non-hydrogen) atoms.